The fourth-order valence-electron chi connectivity index (χ4n) is 5.00. The molecule has 3 rings (SSSR count). The largest absolute Gasteiger partial charge is 0.363 e. The standard InChI is InChI=1S/C24H42N6O/c1-18(2)30(20-11-7-6-8-12-20)24(31)17-29(5)16-22-26-21(14-23(27-22)28(3)4)19-10-9-13-25-15-19/h14,18-20,25H,6-13,15-17H2,1-5H3/t19-/m1/s1. The van der Waals surface area contributed by atoms with Crippen LogP contribution in [-0.4, -0.2) is 78.5 Å². The van der Waals surface area contributed by atoms with Crippen LogP contribution in [0.1, 0.15) is 76.2 Å². The minimum Gasteiger partial charge on any atom is -0.363 e. The summed E-state index contributed by atoms with van der Waals surface area (Å²) in [6.07, 6.45) is 8.40. The van der Waals surface area contributed by atoms with Crippen LogP contribution in [0.3, 0.4) is 0 Å². The lowest BCUT2D eigenvalue weighted by Crippen LogP contribution is -2.49. The van der Waals surface area contributed by atoms with Crippen LogP contribution in [0.15, 0.2) is 6.07 Å². The van der Waals surface area contributed by atoms with Crippen LogP contribution < -0.4 is 10.2 Å². The van der Waals surface area contributed by atoms with Crippen molar-refractivity contribution >= 4 is 11.7 Å². The molecule has 2 heterocycles. The van der Waals surface area contributed by atoms with Gasteiger partial charge in [-0.2, -0.15) is 0 Å². The highest BCUT2D eigenvalue weighted by atomic mass is 16.2. The summed E-state index contributed by atoms with van der Waals surface area (Å²) in [7, 11) is 6.05. The van der Waals surface area contributed by atoms with Crippen molar-refractivity contribution in [3.8, 4) is 0 Å². The second-order valence-corrected chi connectivity index (χ2v) is 9.86. The smallest absolute Gasteiger partial charge is 0.237 e. The molecule has 1 aliphatic heterocycles. The number of hydrogen-bond acceptors (Lipinski definition) is 6. The number of amides is 1. The van der Waals surface area contributed by atoms with Gasteiger partial charge in [-0.15, -0.1) is 0 Å². The molecule has 174 valence electrons. The van der Waals surface area contributed by atoms with Crippen LogP contribution in [0, 0.1) is 0 Å². The van der Waals surface area contributed by atoms with E-state index in [4.69, 9.17) is 9.97 Å². The van der Waals surface area contributed by atoms with Crippen LogP contribution in [0.25, 0.3) is 0 Å². The van der Waals surface area contributed by atoms with Crippen LogP contribution >= 0.6 is 0 Å². The van der Waals surface area contributed by atoms with Crippen molar-refractivity contribution in [1.82, 2.24) is 25.1 Å². The second-order valence-electron chi connectivity index (χ2n) is 9.86. The minimum atomic E-state index is 0.227. The SMILES string of the molecule is CC(C)N(C(=O)CN(C)Cc1nc([C@@H]2CCCNC2)cc(N(C)C)n1)C1CCCCC1. The topological polar surface area (TPSA) is 64.6 Å². The van der Waals surface area contributed by atoms with E-state index < -0.39 is 0 Å². The quantitative estimate of drug-likeness (QED) is 0.684. The van der Waals surface area contributed by atoms with E-state index in [9.17, 15) is 4.79 Å². The average molecular weight is 431 g/mol. The van der Waals surface area contributed by atoms with Gasteiger partial charge in [0.1, 0.15) is 11.6 Å². The van der Waals surface area contributed by atoms with Gasteiger partial charge in [-0.3, -0.25) is 9.69 Å². The third kappa shape index (κ3) is 6.62. The van der Waals surface area contributed by atoms with Gasteiger partial charge in [-0.1, -0.05) is 19.3 Å². The molecule has 1 aromatic rings. The zero-order chi connectivity index (χ0) is 22.4. The lowest BCUT2D eigenvalue weighted by molar-refractivity contribution is -0.137. The fraction of sp³-hybridized carbons (Fsp3) is 0.792. The van der Waals surface area contributed by atoms with Crippen molar-refractivity contribution in [2.24, 2.45) is 0 Å². The Morgan fingerprint density at radius 3 is 2.45 bits per heavy atom. The number of carbonyl (C=O) groups excluding carboxylic acids is 1. The van der Waals surface area contributed by atoms with Gasteiger partial charge >= 0.3 is 0 Å². The van der Waals surface area contributed by atoms with Crippen molar-refractivity contribution in [2.45, 2.75) is 83.3 Å². The van der Waals surface area contributed by atoms with Gasteiger partial charge in [-0.05, 0) is 53.1 Å². The van der Waals surface area contributed by atoms with Crippen molar-refractivity contribution in [3.63, 3.8) is 0 Å². The lowest BCUT2D eigenvalue weighted by atomic mass is 9.93. The Bertz CT molecular complexity index is 710. The summed E-state index contributed by atoms with van der Waals surface area (Å²) < 4.78 is 0. The zero-order valence-corrected chi connectivity index (χ0v) is 20.2. The van der Waals surface area contributed by atoms with Crippen molar-refractivity contribution < 1.29 is 4.79 Å². The molecule has 0 spiro atoms. The van der Waals surface area contributed by atoms with E-state index >= 15 is 0 Å². The summed E-state index contributed by atoms with van der Waals surface area (Å²) in [5, 5.41) is 3.49. The first-order valence-corrected chi connectivity index (χ1v) is 12.1. The second kappa shape index (κ2) is 11.2. The number of piperidine rings is 1. The molecule has 1 aliphatic carbocycles. The van der Waals surface area contributed by atoms with E-state index in [2.05, 4.69) is 35.0 Å². The van der Waals surface area contributed by atoms with Crippen molar-refractivity contribution in [3.05, 3.63) is 17.6 Å². The van der Waals surface area contributed by atoms with Crippen LogP contribution in [-0.2, 0) is 11.3 Å². The molecule has 1 N–H and O–H groups in total. The highest BCUT2D eigenvalue weighted by molar-refractivity contribution is 5.79. The fourth-order valence-corrected chi connectivity index (χ4v) is 5.00. The molecule has 31 heavy (non-hydrogen) atoms. The van der Waals surface area contributed by atoms with Crippen LogP contribution in [0.5, 0.6) is 0 Å². The van der Waals surface area contributed by atoms with E-state index in [1.54, 1.807) is 0 Å². The first-order chi connectivity index (χ1) is 14.8. The Morgan fingerprint density at radius 1 is 1.10 bits per heavy atom. The number of nitrogens with zero attached hydrogens (tertiary/aromatic N) is 5. The molecule has 1 saturated heterocycles. The molecule has 1 aromatic heterocycles. The molecule has 0 aromatic carbocycles. The summed E-state index contributed by atoms with van der Waals surface area (Å²) in [6, 6.07) is 2.76. The summed E-state index contributed by atoms with van der Waals surface area (Å²) in [5.41, 5.74) is 1.12. The van der Waals surface area contributed by atoms with E-state index in [0.29, 0.717) is 25.0 Å². The number of anilines is 1. The monoisotopic (exact) mass is 430 g/mol. The van der Waals surface area contributed by atoms with Crippen LogP contribution in [0.4, 0.5) is 5.82 Å². The van der Waals surface area contributed by atoms with Gasteiger partial charge in [0, 0.05) is 44.7 Å². The predicted molar refractivity (Wildman–Crippen MR) is 126 cm³/mol. The minimum absolute atomic E-state index is 0.227. The summed E-state index contributed by atoms with van der Waals surface area (Å²) in [4.78, 5) is 29.1. The number of carbonyl (C=O) groups is 1. The third-order valence-electron chi connectivity index (χ3n) is 6.58. The lowest BCUT2D eigenvalue weighted by Gasteiger charge is -2.38. The van der Waals surface area contributed by atoms with Gasteiger partial charge in [0.25, 0.3) is 0 Å². The normalized spacial score (nSPS) is 20.3. The Labute approximate surface area is 188 Å². The number of nitrogens with one attached hydrogen (secondary N) is 1. The molecule has 7 heteroatoms. The highest BCUT2D eigenvalue weighted by Crippen LogP contribution is 2.26. The van der Waals surface area contributed by atoms with Gasteiger partial charge < -0.3 is 15.1 Å². The number of rotatable bonds is 8. The van der Waals surface area contributed by atoms with E-state index in [1.807, 2.05) is 26.0 Å². The Morgan fingerprint density at radius 2 is 1.84 bits per heavy atom. The maximum atomic E-state index is 13.2. The molecule has 1 atom stereocenters. The number of hydrogen-bond donors (Lipinski definition) is 1. The number of likely N-dealkylation sites (N-methyl/N-ethyl adjacent to an activating group) is 1. The zero-order valence-electron chi connectivity index (χ0n) is 20.2. The predicted octanol–water partition coefficient (Wildman–Crippen LogP) is 3.01. The molecule has 0 unspecified atom stereocenters. The average Bonchev–Trinajstić information content (AvgIpc) is 2.74. The maximum Gasteiger partial charge on any atom is 0.237 e. The highest BCUT2D eigenvalue weighted by Gasteiger charge is 2.28. The van der Waals surface area contributed by atoms with E-state index in [-0.39, 0.29) is 11.9 Å². The molecule has 1 saturated carbocycles. The van der Waals surface area contributed by atoms with Gasteiger partial charge in [0.2, 0.25) is 5.91 Å². The molecule has 0 radical (unpaired) electrons. The van der Waals surface area contributed by atoms with Crippen molar-refractivity contribution in [1.29, 1.82) is 0 Å². The molecule has 2 fully saturated rings. The van der Waals surface area contributed by atoms with Gasteiger partial charge in [0.15, 0.2) is 0 Å². The maximum absolute atomic E-state index is 13.2. The Balaban J connectivity index is 1.68. The first-order valence-electron chi connectivity index (χ1n) is 12.1. The Kier molecular flexibility index (Phi) is 8.67. The summed E-state index contributed by atoms with van der Waals surface area (Å²) in [6.45, 7) is 7.33. The van der Waals surface area contributed by atoms with E-state index in [0.717, 1.165) is 49.7 Å². The molecule has 0 bridgehead atoms. The molecule has 2 aliphatic rings. The number of aromatic nitrogens is 2. The summed E-state index contributed by atoms with van der Waals surface area (Å²) >= 11 is 0. The molecule has 7 nitrogen and oxygen atoms in total. The van der Waals surface area contributed by atoms with E-state index in [1.165, 1.54) is 25.7 Å². The molecule has 1 amide bonds. The Hall–Kier alpha value is -1.73. The van der Waals surface area contributed by atoms with Gasteiger partial charge in [0.05, 0.1) is 18.8 Å². The summed E-state index contributed by atoms with van der Waals surface area (Å²) in [5.74, 6) is 2.40. The molecular formula is C24H42N6O. The third-order valence-corrected chi connectivity index (χ3v) is 6.58. The first kappa shape index (κ1) is 23.9. The van der Waals surface area contributed by atoms with Gasteiger partial charge in [-0.25, -0.2) is 9.97 Å². The van der Waals surface area contributed by atoms with Crippen LogP contribution in [0.2, 0.25) is 0 Å². The van der Waals surface area contributed by atoms with Crippen molar-refractivity contribution in [2.75, 3.05) is 45.7 Å². The molecular weight excluding hydrogens is 388 g/mol.